The fraction of sp³-hybridized carbons (Fsp3) is 0.609. The molecule has 0 spiro atoms. The average molecular weight is 1190 g/mol. The molecule has 1 aromatic carbocycles. The number of nitrogens with one attached hydrogen (secondary N) is 4. The minimum absolute atomic E-state index is 0. The SMILES string of the molecule is C=C1C(=O)N[C@@H](C)C(=O)N(C)[C@@H](C)C(=O)N[C@@H]([C@H](OC(=O)[C@@H](NC(C)=O)[C@H](O)C(C)C)C(C)C)C(=O)N(C)[C@@H]([C@@H](C)OC)C(=O)O[C@H](C)[C@H](NC(C)=O)C(=O)O[C@H](Cc2ccccc2)C(=O)N1C.[Ac]. The molecule has 23 heteroatoms. The minimum Gasteiger partial charge on any atom is -0.458 e. The Morgan fingerprint density at radius 3 is 1.90 bits per heavy atom. The number of hydrogen-bond acceptors (Lipinski definition) is 15. The van der Waals surface area contributed by atoms with E-state index in [-0.39, 0.29) is 50.5 Å². The van der Waals surface area contributed by atoms with Gasteiger partial charge in [0.25, 0.3) is 11.8 Å². The molecule has 1 aliphatic rings. The van der Waals surface area contributed by atoms with Crippen molar-refractivity contribution in [2.45, 2.75) is 142 Å². The second kappa shape index (κ2) is 28.0. The fourth-order valence-corrected chi connectivity index (χ4v) is 7.04. The average Bonchev–Trinajstić information content (AvgIpc) is 3.27. The van der Waals surface area contributed by atoms with Crippen molar-refractivity contribution in [3.8, 4) is 0 Å². The summed E-state index contributed by atoms with van der Waals surface area (Å²) < 4.78 is 22.9. The number of cyclic esters (lactones) is 2. The Kier molecular flexibility index (Phi) is 25.2. The first-order chi connectivity index (χ1) is 31.6. The van der Waals surface area contributed by atoms with E-state index >= 15 is 0 Å². The van der Waals surface area contributed by atoms with E-state index in [4.69, 9.17) is 18.9 Å². The number of carbonyl (C=O) groups is 10. The number of rotatable bonds is 12. The molecule has 1 aromatic rings. The first-order valence-corrected chi connectivity index (χ1v) is 22.1. The molecule has 1 fully saturated rings. The summed E-state index contributed by atoms with van der Waals surface area (Å²) in [6, 6.07) is -1.31. The molecule has 1 heterocycles. The summed E-state index contributed by atoms with van der Waals surface area (Å²) in [5.74, 6) is -11.2. The van der Waals surface area contributed by atoms with E-state index in [0.29, 0.717) is 5.56 Å². The van der Waals surface area contributed by atoms with Gasteiger partial charge in [-0.05, 0) is 45.1 Å². The molecule has 0 bridgehead atoms. The zero-order valence-corrected chi connectivity index (χ0v) is 46.6. The number of aliphatic hydroxyl groups is 1. The summed E-state index contributed by atoms with van der Waals surface area (Å²) in [5.41, 5.74) is 0.0526. The third-order valence-electron chi connectivity index (χ3n) is 11.5. The quantitative estimate of drug-likeness (QED) is 0.0988. The van der Waals surface area contributed by atoms with Gasteiger partial charge < -0.3 is 60.0 Å². The van der Waals surface area contributed by atoms with Crippen LogP contribution >= 0.6 is 0 Å². The predicted molar refractivity (Wildman–Crippen MR) is 243 cm³/mol. The number of amides is 7. The molecule has 0 aromatic heterocycles. The summed E-state index contributed by atoms with van der Waals surface area (Å²) >= 11 is 0. The van der Waals surface area contributed by atoms with Gasteiger partial charge in [0, 0.05) is 92.6 Å². The molecule has 22 nitrogen and oxygen atoms in total. The molecular weight excluding hydrogens is 1120 g/mol. The molecule has 0 saturated carbocycles. The van der Waals surface area contributed by atoms with E-state index in [1.54, 1.807) is 58.0 Å². The Morgan fingerprint density at radius 2 is 1.39 bits per heavy atom. The van der Waals surface area contributed by atoms with Crippen LogP contribution < -0.4 is 21.3 Å². The standard InChI is InChI=1S/C46H69N7O15.Ac/c1-22(2)37(56)34(49-30(11)55)45(63)68-38(23(3)4)35-43(61)53(14)36(28(9)65-15)46(64)66-27(8)33(48-29(10)54)44(62)67-32(21-31-19-17-16-18-20-31)42(60)52(13)25(6)39(57)47-24(5)41(59)51(12)26(7)40(58)50-35;/h16-20,22-24,26-28,32-38,56H,6,21H2,1-5,7-15H3,(H,47,57)(H,48,54)(H,49,55)(H,50,58);/t24-,26-,27+,28+,32+,33-,34-,35-,36-,37+,38+;/m0./s1. The molecule has 2 rings (SSSR count). The van der Waals surface area contributed by atoms with Gasteiger partial charge >= 0.3 is 17.9 Å². The second-order valence-electron chi connectivity index (χ2n) is 17.5. The number of benzene rings is 1. The number of nitrogens with zero attached hydrogens (tertiary/aromatic N) is 3. The van der Waals surface area contributed by atoms with Crippen LogP contribution in [0, 0.1) is 55.9 Å². The summed E-state index contributed by atoms with van der Waals surface area (Å²) in [4.78, 5) is 140. The van der Waals surface area contributed by atoms with Crippen molar-refractivity contribution in [3.05, 3.63) is 48.2 Å². The topological polar surface area (TPSA) is 286 Å². The van der Waals surface area contributed by atoms with Gasteiger partial charge in [0.15, 0.2) is 24.2 Å². The Balaban J connectivity index is 0.0000238. The Labute approximate surface area is 439 Å². The Bertz CT molecular complexity index is 2040. The van der Waals surface area contributed by atoms with Crippen molar-refractivity contribution in [3.63, 3.8) is 0 Å². The van der Waals surface area contributed by atoms with Crippen molar-refractivity contribution in [1.29, 1.82) is 0 Å². The number of aliphatic hydroxyl groups excluding tert-OH is 1. The summed E-state index contributed by atoms with van der Waals surface area (Å²) in [7, 11) is 4.83. The predicted octanol–water partition coefficient (Wildman–Crippen LogP) is -0.649. The van der Waals surface area contributed by atoms with E-state index in [0.717, 1.165) is 28.5 Å². The maximum atomic E-state index is 14.9. The van der Waals surface area contributed by atoms with Gasteiger partial charge in [-0.15, -0.1) is 0 Å². The van der Waals surface area contributed by atoms with Crippen LogP contribution in [0.25, 0.3) is 0 Å². The number of esters is 3. The molecule has 11 atom stereocenters. The molecule has 381 valence electrons. The summed E-state index contributed by atoms with van der Waals surface area (Å²) in [6.07, 6.45) is -7.68. The van der Waals surface area contributed by atoms with Crippen LogP contribution in [-0.2, 0) is 73.3 Å². The number of methoxy groups -OCH3 is 1. The van der Waals surface area contributed by atoms with Gasteiger partial charge in [0.1, 0.15) is 36.0 Å². The van der Waals surface area contributed by atoms with Crippen molar-refractivity contribution < 1.29 is 116 Å². The molecule has 0 unspecified atom stereocenters. The molecule has 7 amide bonds. The first kappa shape index (κ1) is 62.0. The van der Waals surface area contributed by atoms with Crippen molar-refractivity contribution >= 4 is 59.3 Å². The van der Waals surface area contributed by atoms with E-state index < -0.39 is 144 Å². The Morgan fingerprint density at radius 1 is 0.812 bits per heavy atom. The number of carbonyl (C=O) groups excluding carboxylic acids is 10. The summed E-state index contributed by atoms with van der Waals surface area (Å²) in [5, 5.41) is 20.7. The van der Waals surface area contributed by atoms with Crippen LogP contribution in [0.3, 0.4) is 0 Å². The van der Waals surface area contributed by atoms with Crippen LogP contribution in [0.4, 0.5) is 0 Å². The third-order valence-corrected chi connectivity index (χ3v) is 11.5. The van der Waals surface area contributed by atoms with Crippen LogP contribution in [0.2, 0.25) is 0 Å². The van der Waals surface area contributed by atoms with Gasteiger partial charge in [0.05, 0.1) is 12.2 Å². The van der Waals surface area contributed by atoms with Gasteiger partial charge in [-0.1, -0.05) is 64.6 Å². The molecule has 5 N–H and O–H groups in total. The van der Waals surface area contributed by atoms with E-state index in [1.165, 1.54) is 55.9 Å². The normalized spacial score (nSPS) is 24.8. The smallest absolute Gasteiger partial charge is 0.333 e. The monoisotopic (exact) mass is 1190 g/mol. The van der Waals surface area contributed by atoms with E-state index in [1.807, 2.05) is 0 Å². The number of hydrogen-bond donors (Lipinski definition) is 5. The van der Waals surface area contributed by atoms with Gasteiger partial charge in [-0.25, -0.2) is 14.4 Å². The third kappa shape index (κ3) is 17.1. The number of likely N-dealkylation sites (N-methyl/N-ethyl adjacent to an activating group) is 3. The molecular formula is C46H69AcN7O15. The zero-order valence-electron chi connectivity index (χ0n) is 41.9. The van der Waals surface area contributed by atoms with E-state index in [2.05, 4.69) is 27.8 Å². The minimum atomic E-state index is -1.86. The van der Waals surface area contributed by atoms with Crippen LogP contribution in [0.5, 0.6) is 0 Å². The fourth-order valence-electron chi connectivity index (χ4n) is 7.04. The molecule has 0 aliphatic carbocycles. The van der Waals surface area contributed by atoms with Gasteiger partial charge in [-0.3, -0.25) is 33.6 Å². The maximum absolute atomic E-state index is 14.9. The maximum Gasteiger partial charge on any atom is 0.333 e. The molecule has 1 radical (unpaired) electrons. The van der Waals surface area contributed by atoms with Crippen LogP contribution in [0.15, 0.2) is 42.6 Å². The van der Waals surface area contributed by atoms with Crippen molar-refractivity contribution in [2.75, 3.05) is 28.3 Å². The van der Waals surface area contributed by atoms with E-state index in [9.17, 15) is 53.1 Å². The summed E-state index contributed by atoms with van der Waals surface area (Å²) in [6.45, 7) is 17.5. The number of ether oxygens (including phenoxy) is 4. The largest absolute Gasteiger partial charge is 0.458 e. The van der Waals surface area contributed by atoms with Crippen molar-refractivity contribution in [1.82, 2.24) is 36.0 Å². The molecule has 1 saturated heterocycles. The molecule has 1 aliphatic heterocycles. The Hall–Kier alpha value is -4.98. The van der Waals surface area contributed by atoms with Crippen LogP contribution in [0.1, 0.15) is 74.8 Å². The van der Waals surface area contributed by atoms with Gasteiger partial charge in [-0.2, -0.15) is 0 Å². The zero-order chi connectivity index (χ0) is 52.1. The van der Waals surface area contributed by atoms with Gasteiger partial charge in [0.2, 0.25) is 29.5 Å². The van der Waals surface area contributed by atoms with Crippen LogP contribution in [-0.4, -0.2) is 174 Å². The second-order valence-corrected chi connectivity index (χ2v) is 17.5. The molecule has 69 heavy (non-hydrogen) atoms. The van der Waals surface area contributed by atoms with Crippen molar-refractivity contribution in [2.24, 2.45) is 11.8 Å². The first-order valence-electron chi connectivity index (χ1n) is 22.1.